The zero-order valence-corrected chi connectivity index (χ0v) is 22.1. The van der Waals surface area contributed by atoms with Crippen molar-refractivity contribution in [2.45, 2.75) is 38.3 Å². The molecule has 14 heteroatoms. The predicted molar refractivity (Wildman–Crippen MR) is 139 cm³/mol. The first-order valence-electron chi connectivity index (χ1n) is 13.0. The third-order valence-electron chi connectivity index (χ3n) is 6.94. The first-order chi connectivity index (χ1) is 20.5. The molecule has 1 aliphatic heterocycles. The second kappa shape index (κ2) is 11.1. The lowest BCUT2D eigenvalue weighted by Gasteiger charge is -2.27. The van der Waals surface area contributed by atoms with Gasteiger partial charge in [0.05, 0.1) is 34.9 Å². The van der Waals surface area contributed by atoms with Crippen LogP contribution >= 0.6 is 0 Å². The van der Waals surface area contributed by atoms with Gasteiger partial charge in [0.1, 0.15) is 29.8 Å². The summed E-state index contributed by atoms with van der Waals surface area (Å²) < 4.78 is 85.9. The third kappa shape index (κ3) is 5.91. The zero-order valence-electron chi connectivity index (χ0n) is 22.1. The molecule has 2 aromatic carbocycles. The fraction of sp³-hybridized carbons (Fsp3) is 0.241. The van der Waals surface area contributed by atoms with Crippen LogP contribution in [0.25, 0.3) is 22.3 Å². The highest BCUT2D eigenvalue weighted by atomic mass is 19.4. The number of rotatable bonds is 9. The molecule has 43 heavy (non-hydrogen) atoms. The fourth-order valence-corrected chi connectivity index (χ4v) is 4.67. The van der Waals surface area contributed by atoms with Crippen LogP contribution in [-0.2, 0) is 30.5 Å². The van der Waals surface area contributed by atoms with E-state index < -0.39 is 36.1 Å². The molecule has 1 aliphatic rings. The fourth-order valence-electron chi connectivity index (χ4n) is 4.67. The standard InChI is InChI=1S/C29H21F5N4O5/c30-20-12-19(22-2-1-3-27(36-22)42-14-17-11-25(43-37-17)29(32,33)34)21(31)8-16(20)10-26-35-23-5-4-15(28(39)40)9-24(23)38(26)13-18-6-7-41-18/h1-5,8-9,11-12,18H,6-7,10,13-14H2,(H,39,40). The van der Waals surface area contributed by atoms with Gasteiger partial charge in [-0.25, -0.2) is 23.5 Å². The van der Waals surface area contributed by atoms with Gasteiger partial charge in [0.15, 0.2) is 0 Å². The number of carboxylic acid groups (broad SMARTS) is 1. The molecule has 5 aromatic rings. The maximum Gasteiger partial charge on any atom is 0.452 e. The Labute approximate surface area is 239 Å². The number of alkyl halides is 3. The van der Waals surface area contributed by atoms with Gasteiger partial charge in [-0.1, -0.05) is 11.2 Å². The molecule has 1 unspecified atom stereocenters. The Morgan fingerprint density at radius 3 is 2.58 bits per heavy atom. The van der Waals surface area contributed by atoms with Crippen LogP contribution in [0, 0.1) is 11.6 Å². The van der Waals surface area contributed by atoms with Crippen LogP contribution in [0.4, 0.5) is 22.0 Å². The van der Waals surface area contributed by atoms with Gasteiger partial charge in [0.2, 0.25) is 11.6 Å². The highest BCUT2D eigenvalue weighted by Crippen LogP contribution is 2.31. The van der Waals surface area contributed by atoms with Gasteiger partial charge >= 0.3 is 12.1 Å². The number of imidazole rings is 1. The zero-order chi connectivity index (χ0) is 30.3. The largest absolute Gasteiger partial charge is 0.478 e. The molecular formula is C29H21F5N4O5. The van der Waals surface area contributed by atoms with Crippen molar-refractivity contribution in [1.29, 1.82) is 0 Å². The second-order valence-corrected chi connectivity index (χ2v) is 9.86. The Morgan fingerprint density at radius 1 is 1.07 bits per heavy atom. The number of fused-ring (bicyclic) bond motifs is 1. The molecule has 0 bridgehead atoms. The van der Waals surface area contributed by atoms with E-state index in [1.54, 1.807) is 10.6 Å². The van der Waals surface area contributed by atoms with Crippen LogP contribution in [-0.4, -0.2) is 43.5 Å². The number of benzene rings is 2. The average molecular weight is 600 g/mol. The van der Waals surface area contributed by atoms with Crippen LogP contribution in [0.15, 0.2) is 59.1 Å². The van der Waals surface area contributed by atoms with Crippen molar-refractivity contribution < 1.29 is 45.8 Å². The molecule has 9 nitrogen and oxygen atoms in total. The summed E-state index contributed by atoms with van der Waals surface area (Å²) in [4.78, 5) is 20.2. The number of aromatic nitrogens is 4. The van der Waals surface area contributed by atoms with Gasteiger partial charge in [0, 0.05) is 30.7 Å². The number of halogens is 5. The van der Waals surface area contributed by atoms with E-state index in [0.29, 0.717) is 36.1 Å². The maximum absolute atomic E-state index is 15.4. The maximum atomic E-state index is 15.4. The van der Waals surface area contributed by atoms with E-state index >= 15 is 8.78 Å². The average Bonchev–Trinajstić information content (AvgIpc) is 3.56. The first kappa shape index (κ1) is 28.3. The van der Waals surface area contributed by atoms with Crippen molar-refractivity contribution in [2.24, 2.45) is 0 Å². The molecule has 0 saturated carbocycles. The minimum Gasteiger partial charge on any atom is -0.478 e. The van der Waals surface area contributed by atoms with Gasteiger partial charge < -0.3 is 23.7 Å². The summed E-state index contributed by atoms with van der Waals surface area (Å²) in [6.07, 6.45) is -4.08. The number of aromatic carboxylic acids is 1. The Kier molecular flexibility index (Phi) is 7.30. The lowest BCUT2D eigenvalue weighted by atomic mass is 10.0. The number of ether oxygens (including phenoxy) is 2. The van der Waals surface area contributed by atoms with E-state index in [0.717, 1.165) is 18.6 Å². The summed E-state index contributed by atoms with van der Waals surface area (Å²) in [5, 5.41) is 12.7. The lowest BCUT2D eigenvalue weighted by molar-refractivity contribution is -0.155. The number of nitrogens with zero attached hydrogens (tertiary/aromatic N) is 4. The molecule has 1 atom stereocenters. The van der Waals surface area contributed by atoms with E-state index in [4.69, 9.17) is 9.47 Å². The number of carboxylic acids is 1. The summed E-state index contributed by atoms with van der Waals surface area (Å²) in [5.74, 6) is -3.51. The summed E-state index contributed by atoms with van der Waals surface area (Å²) in [5.41, 5.74) is 0.895. The van der Waals surface area contributed by atoms with Gasteiger partial charge in [-0.2, -0.15) is 13.2 Å². The highest BCUT2D eigenvalue weighted by molar-refractivity contribution is 5.92. The van der Waals surface area contributed by atoms with Gasteiger partial charge in [0.25, 0.3) is 0 Å². The molecule has 0 amide bonds. The molecule has 1 saturated heterocycles. The first-order valence-corrected chi connectivity index (χ1v) is 13.0. The molecule has 222 valence electrons. The number of carbonyl (C=O) groups is 1. The van der Waals surface area contributed by atoms with Crippen molar-refractivity contribution in [3.05, 3.63) is 94.6 Å². The molecule has 0 aliphatic carbocycles. The van der Waals surface area contributed by atoms with E-state index in [1.165, 1.54) is 30.3 Å². The molecule has 0 spiro atoms. The molecule has 1 fully saturated rings. The van der Waals surface area contributed by atoms with Crippen LogP contribution in [0.2, 0.25) is 0 Å². The van der Waals surface area contributed by atoms with Crippen molar-refractivity contribution in [1.82, 2.24) is 19.7 Å². The number of pyridine rings is 1. The van der Waals surface area contributed by atoms with Crippen LogP contribution in [0.1, 0.15) is 39.6 Å². The quantitative estimate of drug-likeness (QED) is 0.204. The van der Waals surface area contributed by atoms with Crippen molar-refractivity contribution >= 4 is 17.0 Å². The molecule has 0 radical (unpaired) electrons. The van der Waals surface area contributed by atoms with Crippen molar-refractivity contribution in [3.63, 3.8) is 0 Å². The smallest absolute Gasteiger partial charge is 0.452 e. The van der Waals surface area contributed by atoms with E-state index in [2.05, 4.69) is 19.6 Å². The molecule has 1 N–H and O–H groups in total. The van der Waals surface area contributed by atoms with Gasteiger partial charge in [-0.05, 0) is 48.4 Å². The normalized spacial score (nSPS) is 15.0. The molecule has 4 heterocycles. The Bertz CT molecular complexity index is 1830. The topological polar surface area (TPSA) is 113 Å². The lowest BCUT2D eigenvalue weighted by Crippen LogP contribution is -2.31. The Hall–Kier alpha value is -4.85. The minimum absolute atomic E-state index is 0.0182. The monoisotopic (exact) mass is 600 g/mol. The number of hydrogen-bond donors (Lipinski definition) is 1. The van der Waals surface area contributed by atoms with Crippen LogP contribution < -0.4 is 4.74 Å². The van der Waals surface area contributed by atoms with Crippen LogP contribution in [0.5, 0.6) is 5.88 Å². The van der Waals surface area contributed by atoms with E-state index in [1.807, 2.05) is 0 Å². The molecule has 6 rings (SSSR count). The second-order valence-electron chi connectivity index (χ2n) is 9.86. The van der Waals surface area contributed by atoms with Gasteiger partial charge in [-0.15, -0.1) is 0 Å². The van der Waals surface area contributed by atoms with E-state index in [-0.39, 0.29) is 46.5 Å². The van der Waals surface area contributed by atoms with Crippen LogP contribution in [0.3, 0.4) is 0 Å². The minimum atomic E-state index is -4.70. The van der Waals surface area contributed by atoms with Crippen molar-refractivity contribution in [3.8, 4) is 17.1 Å². The summed E-state index contributed by atoms with van der Waals surface area (Å²) >= 11 is 0. The SMILES string of the molecule is O=C(O)c1ccc2nc(Cc3cc(F)c(-c4cccc(OCc5cc(C(F)(F)F)on5)n4)cc3F)n(CC3CCO3)c2c1. The predicted octanol–water partition coefficient (Wildman–Crippen LogP) is 6.04. The molecule has 3 aromatic heterocycles. The van der Waals surface area contributed by atoms with E-state index in [9.17, 15) is 23.1 Å². The van der Waals surface area contributed by atoms with Crippen molar-refractivity contribution in [2.75, 3.05) is 6.61 Å². The summed E-state index contributed by atoms with van der Waals surface area (Å²) in [6, 6.07) is 11.5. The Morgan fingerprint density at radius 2 is 1.88 bits per heavy atom. The number of hydrogen-bond acceptors (Lipinski definition) is 7. The summed E-state index contributed by atoms with van der Waals surface area (Å²) in [7, 11) is 0. The Balaban J connectivity index is 1.25. The third-order valence-corrected chi connectivity index (χ3v) is 6.94. The molecular weight excluding hydrogens is 579 g/mol. The summed E-state index contributed by atoms with van der Waals surface area (Å²) in [6.45, 7) is 0.583. The van der Waals surface area contributed by atoms with Gasteiger partial charge in [-0.3, -0.25) is 0 Å². The highest BCUT2D eigenvalue weighted by Gasteiger charge is 2.36.